The Balaban J connectivity index is 1.50. The van der Waals surface area contributed by atoms with Crippen molar-refractivity contribution in [3.8, 4) is 0 Å². The van der Waals surface area contributed by atoms with Gasteiger partial charge < -0.3 is 25.2 Å². The highest BCUT2D eigenvalue weighted by molar-refractivity contribution is 5.79. The summed E-state index contributed by atoms with van der Waals surface area (Å²) in [5.41, 5.74) is 1.62. The number of aliphatic imine (C=N–C) groups is 1. The second-order valence-electron chi connectivity index (χ2n) is 8.97. The lowest BCUT2D eigenvalue weighted by Gasteiger charge is -2.37. The minimum Gasteiger partial charge on any atom is -0.379 e. The van der Waals surface area contributed by atoms with Crippen molar-refractivity contribution in [3.63, 3.8) is 0 Å². The van der Waals surface area contributed by atoms with Gasteiger partial charge in [-0.15, -0.1) is 0 Å². The smallest absolute Gasteiger partial charge is 0.191 e. The summed E-state index contributed by atoms with van der Waals surface area (Å²) >= 11 is 0. The molecule has 2 aliphatic rings. The zero-order valence-electron chi connectivity index (χ0n) is 20.2. The summed E-state index contributed by atoms with van der Waals surface area (Å²) in [6.07, 6.45) is 0. The molecule has 1 aromatic rings. The van der Waals surface area contributed by atoms with Crippen LogP contribution in [-0.4, -0.2) is 94.4 Å². The second-order valence-corrected chi connectivity index (χ2v) is 8.97. The lowest BCUT2D eigenvalue weighted by molar-refractivity contribution is 0.00752. The quantitative estimate of drug-likeness (QED) is 0.469. The maximum atomic E-state index is 14.8. The summed E-state index contributed by atoms with van der Waals surface area (Å²) in [7, 11) is 1.77. The van der Waals surface area contributed by atoms with Gasteiger partial charge in [0, 0.05) is 65.4 Å². The van der Waals surface area contributed by atoms with E-state index in [4.69, 9.17) is 4.74 Å². The third kappa shape index (κ3) is 6.80. The third-order valence-electron chi connectivity index (χ3n) is 6.62. The summed E-state index contributed by atoms with van der Waals surface area (Å²) in [5, 5.41) is 6.79. The van der Waals surface area contributed by atoms with Gasteiger partial charge in [-0.3, -0.25) is 9.89 Å². The van der Waals surface area contributed by atoms with Gasteiger partial charge in [-0.25, -0.2) is 4.39 Å². The fourth-order valence-corrected chi connectivity index (χ4v) is 4.53. The van der Waals surface area contributed by atoms with E-state index < -0.39 is 0 Å². The van der Waals surface area contributed by atoms with Crippen LogP contribution in [0.25, 0.3) is 0 Å². The maximum absolute atomic E-state index is 14.8. The summed E-state index contributed by atoms with van der Waals surface area (Å²) in [4.78, 5) is 11.4. The molecule has 1 aromatic carbocycles. The molecule has 180 valence electrons. The van der Waals surface area contributed by atoms with Crippen LogP contribution in [0.3, 0.4) is 0 Å². The van der Waals surface area contributed by atoms with Crippen molar-refractivity contribution in [1.29, 1.82) is 0 Å². The van der Waals surface area contributed by atoms with E-state index >= 15 is 0 Å². The molecule has 0 amide bonds. The van der Waals surface area contributed by atoms with E-state index in [9.17, 15) is 4.39 Å². The Hall–Kier alpha value is -1.90. The molecule has 0 radical (unpaired) electrons. The van der Waals surface area contributed by atoms with Gasteiger partial charge in [0.2, 0.25) is 0 Å². The van der Waals surface area contributed by atoms with Crippen LogP contribution < -0.4 is 15.5 Å². The van der Waals surface area contributed by atoms with Crippen LogP contribution in [0.5, 0.6) is 0 Å². The number of halogens is 1. The summed E-state index contributed by atoms with van der Waals surface area (Å²) in [5.74, 6) is 1.12. The van der Waals surface area contributed by atoms with Crippen LogP contribution in [0.2, 0.25) is 0 Å². The number of likely N-dealkylation sites (N-methyl/N-ethyl adjacent to an activating group) is 1. The molecule has 7 nitrogen and oxygen atoms in total. The highest BCUT2D eigenvalue weighted by Gasteiger charge is 2.24. The number of ether oxygens (including phenoxy) is 1. The number of rotatable bonds is 8. The van der Waals surface area contributed by atoms with Crippen LogP contribution in [0.1, 0.15) is 26.3 Å². The van der Waals surface area contributed by atoms with Gasteiger partial charge in [0.1, 0.15) is 5.82 Å². The molecule has 2 heterocycles. The number of nitrogens with one attached hydrogen (secondary N) is 2. The molecular formula is C24H41FN6O. The summed E-state index contributed by atoms with van der Waals surface area (Å²) < 4.78 is 20.3. The number of hydrogen-bond acceptors (Lipinski definition) is 5. The number of anilines is 1. The molecule has 0 saturated carbocycles. The lowest BCUT2D eigenvalue weighted by Crippen LogP contribution is -2.52. The van der Waals surface area contributed by atoms with Gasteiger partial charge in [-0.05, 0) is 30.2 Å². The SMILES string of the molecule is CCN1CCN(c2ccc(CNC(=NC)NCC(C(C)C)N3CCOCC3)cc2F)CC1. The van der Waals surface area contributed by atoms with E-state index in [1.165, 1.54) is 0 Å². The zero-order valence-corrected chi connectivity index (χ0v) is 20.2. The minimum absolute atomic E-state index is 0.149. The fourth-order valence-electron chi connectivity index (χ4n) is 4.53. The Morgan fingerprint density at radius 1 is 1.09 bits per heavy atom. The first kappa shape index (κ1) is 24.7. The Labute approximate surface area is 193 Å². The van der Waals surface area contributed by atoms with Gasteiger partial charge in [-0.1, -0.05) is 26.8 Å². The molecule has 8 heteroatoms. The van der Waals surface area contributed by atoms with Crippen LogP contribution in [0.4, 0.5) is 10.1 Å². The van der Waals surface area contributed by atoms with Crippen LogP contribution in [0, 0.1) is 11.7 Å². The molecule has 2 saturated heterocycles. The first-order valence-corrected chi connectivity index (χ1v) is 12.0. The van der Waals surface area contributed by atoms with E-state index in [0.717, 1.165) is 77.1 Å². The molecule has 1 unspecified atom stereocenters. The molecule has 2 aliphatic heterocycles. The Morgan fingerprint density at radius 3 is 2.41 bits per heavy atom. The first-order valence-electron chi connectivity index (χ1n) is 12.0. The Morgan fingerprint density at radius 2 is 1.81 bits per heavy atom. The van der Waals surface area contributed by atoms with Crippen LogP contribution in [0.15, 0.2) is 23.2 Å². The molecule has 2 fully saturated rings. The third-order valence-corrected chi connectivity index (χ3v) is 6.62. The van der Waals surface area contributed by atoms with E-state index in [-0.39, 0.29) is 5.82 Å². The number of morpholine rings is 1. The number of benzene rings is 1. The van der Waals surface area contributed by atoms with Crippen molar-refractivity contribution >= 4 is 11.6 Å². The average molecular weight is 449 g/mol. The van der Waals surface area contributed by atoms with E-state index in [1.807, 2.05) is 12.1 Å². The number of hydrogen-bond donors (Lipinski definition) is 2. The number of guanidine groups is 1. The van der Waals surface area contributed by atoms with E-state index in [1.54, 1.807) is 13.1 Å². The zero-order chi connectivity index (χ0) is 22.9. The van der Waals surface area contributed by atoms with Crippen molar-refractivity contribution in [2.45, 2.75) is 33.4 Å². The van der Waals surface area contributed by atoms with Gasteiger partial charge in [-0.2, -0.15) is 0 Å². The molecule has 2 N–H and O–H groups in total. The molecule has 0 aliphatic carbocycles. The molecule has 0 aromatic heterocycles. The highest BCUT2D eigenvalue weighted by Crippen LogP contribution is 2.22. The molecule has 3 rings (SSSR count). The van der Waals surface area contributed by atoms with Gasteiger partial charge in [0.25, 0.3) is 0 Å². The number of nitrogens with zero attached hydrogens (tertiary/aromatic N) is 4. The molecule has 0 spiro atoms. The monoisotopic (exact) mass is 448 g/mol. The fraction of sp³-hybridized carbons (Fsp3) is 0.708. The van der Waals surface area contributed by atoms with Crippen LogP contribution >= 0.6 is 0 Å². The summed E-state index contributed by atoms with van der Waals surface area (Å²) in [6.45, 7) is 16.3. The lowest BCUT2D eigenvalue weighted by atomic mass is 10.0. The Bertz CT molecular complexity index is 729. The first-order chi connectivity index (χ1) is 15.5. The summed E-state index contributed by atoms with van der Waals surface area (Å²) in [6, 6.07) is 5.99. The van der Waals surface area contributed by atoms with Gasteiger partial charge in [0.15, 0.2) is 5.96 Å². The Kier molecular flexibility index (Phi) is 9.56. The van der Waals surface area contributed by atoms with Crippen molar-refractivity contribution in [3.05, 3.63) is 29.6 Å². The minimum atomic E-state index is -0.149. The normalized spacial score (nSPS) is 19.9. The predicted molar refractivity (Wildman–Crippen MR) is 130 cm³/mol. The van der Waals surface area contributed by atoms with Crippen molar-refractivity contribution in [2.75, 3.05) is 77.5 Å². The number of piperazine rings is 1. The van der Waals surface area contributed by atoms with Crippen LogP contribution in [-0.2, 0) is 11.3 Å². The topological polar surface area (TPSA) is 55.4 Å². The van der Waals surface area contributed by atoms with Gasteiger partial charge in [0.05, 0.1) is 18.9 Å². The van der Waals surface area contributed by atoms with Crippen molar-refractivity contribution in [1.82, 2.24) is 20.4 Å². The standard InChI is InChI=1S/C24H41FN6O/c1-5-29-8-10-30(11-9-29)22-7-6-20(16-21(22)25)17-27-24(26-4)28-18-23(19(2)3)31-12-14-32-15-13-31/h6-7,16,19,23H,5,8-15,17-18H2,1-4H3,(H2,26,27,28). The van der Waals surface area contributed by atoms with Gasteiger partial charge >= 0.3 is 0 Å². The molecular weight excluding hydrogens is 407 g/mol. The van der Waals surface area contributed by atoms with Crippen molar-refractivity contribution in [2.24, 2.45) is 10.9 Å². The maximum Gasteiger partial charge on any atom is 0.191 e. The largest absolute Gasteiger partial charge is 0.379 e. The molecule has 1 atom stereocenters. The molecule has 0 bridgehead atoms. The predicted octanol–water partition coefficient (Wildman–Crippen LogP) is 1.99. The van der Waals surface area contributed by atoms with Crippen molar-refractivity contribution < 1.29 is 9.13 Å². The highest BCUT2D eigenvalue weighted by atomic mass is 19.1. The molecule has 32 heavy (non-hydrogen) atoms. The second kappa shape index (κ2) is 12.4. The average Bonchev–Trinajstić information content (AvgIpc) is 2.82. The van der Waals surface area contributed by atoms with E-state index in [0.29, 0.717) is 24.2 Å². The van der Waals surface area contributed by atoms with E-state index in [2.05, 4.69) is 51.1 Å².